The number of rotatable bonds is 6. The van der Waals surface area contributed by atoms with Gasteiger partial charge in [0.2, 0.25) is 0 Å². The lowest BCUT2D eigenvalue weighted by molar-refractivity contribution is 0.262. The Morgan fingerprint density at radius 2 is 2.19 bits per heavy atom. The monoisotopic (exact) mass is 225 g/mol. The highest BCUT2D eigenvalue weighted by Gasteiger charge is 2.07. The zero-order valence-electron chi connectivity index (χ0n) is 10.2. The molecule has 0 spiro atoms. The molecule has 1 aromatic carbocycles. The average molecular weight is 225 g/mol. The first kappa shape index (κ1) is 13.0. The predicted molar refractivity (Wildman–Crippen MR) is 64.4 cm³/mol. The van der Waals surface area contributed by atoms with Gasteiger partial charge in [0.05, 0.1) is 0 Å². The first-order valence-corrected chi connectivity index (χ1v) is 5.76. The number of nitrogens with one attached hydrogen (secondary N) is 1. The summed E-state index contributed by atoms with van der Waals surface area (Å²) in [5.74, 6) is 0.0790. The number of halogens is 1. The van der Waals surface area contributed by atoms with E-state index in [1.807, 2.05) is 6.92 Å². The van der Waals surface area contributed by atoms with Crippen LogP contribution in [0.15, 0.2) is 18.2 Å². The van der Waals surface area contributed by atoms with Crippen molar-refractivity contribution in [1.29, 1.82) is 0 Å². The van der Waals surface area contributed by atoms with Crippen LogP contribution in [0.4, 0.5) is 4.39 Å². The molecule has 0 fully saturated rings. The van der Waals surface area contributed by atoms with Crippen molar-refractivity contribution in [3.63, 3.8) is 0 Å². The molecule has 0 radical (unpaired) electrons. The minimum Gasteiger partial charge on any atom is -0.489 e. The van der Waals surface area contributed by atoms with Crippen LogP contribution in [-0.2, 0) is 0 Å². The van der Waals surface area contributed by atoms with E-state index < -0.39 is 0 Å². The van der Waals surface area contributed by atoms with Crippen molar-refractivity contribution >= 4 is 0 Å². The summed E-state index contributed by atoms with van der Waals surface area (Å²) in [6.07, 6.45) is 1.09. The summed E-state index contributed by atoms with van der Waals surface area (Å²) in [7, 11) is 0. The SMILES string of the molecule is CCCNC(C)COc1cccc(C)c1F. The fourth-order valence-corrected chi connectivity index (χ4v) is 1.40. The quantitative estimate of drug-likeness (QED) is 0.803. The highest BCUT2D eigenvalue weighted by atomic mass is 19.1. The molecule has 0 aliphatic heterocycles. The molecule has 1 N–H and O–H groups in total. The van der Waals surface area contributed by atoms with Crippen LogP contribution in [0, 0.1) is 12.7 Å². The van der Waals surface area contributed by atoms with Crippen LogP contribution in [-0.4, -0.2) is 19.2 Å². The topological polar surface area (TPSA) is 21.3 Å². The van der Waals surface area contributed by atoms with Gasteiger partial charge in [-0.3, -0.25) is 0 Å². The molecule has 1 rings (SSSR count). The molecule has 1 aromatic rings. The molecule has 0 saturated heterocycles. The van der Waals surface area contributed by atoms with Gasteiger partial charge in [-0.05, 0) is 38.4 Å². The molecule has 1 unspecified atom stereocenters. The maximum atomic E-state index is 13.6. The molecule has 0 bridgehead atoms. The van der Waals surface area contributed by atoms with Crippen molar-refractivity contribution in [3.05, 3.63) is 29.6 Å². The van der Waals surface area contributed by atoms with Gasteiger partial charge in [-0.2, -0.15) is 0 Å². The molecule has 0 aliphatic rings. The van der Waals surface area contributed by atoms with Gasteiger partial charge >= 0.3 is 0 Å². The van der Waals surface area contributed by atoms with Gasteiger partial charge in [-0.25, -0.2) is 4.39 Å². The highest BCUT2D eigenvalue weighted by Crippen LogP contribution is 2.19. The molecule has 0 saturated carbocycles. The Hall–Kier alpha value is -1.09. The highest BCUT2D eigenvalue weighted by molar-refractivity contribution is 5.30. The fourth-order valence-electron chi connectivity index (χ4n) is 1.40. The second-order valence-electron chi connectivity index (χ2n) is 4.05. The van der Waals surface area contributed by atoms with Gasteiger partial charge < -0.3 is 10.1 Å². The van der Waals surface area contributed by atoms with E-state index in [9.17, 15) is 4.39 Å². The Bertz CT molecular complexity index is 328. The molecule has 0 heterocycles. The zero-order valence-corrected chi connectivity index (χ0v) is 10.2. The molecule has 16 heavy (non-hydrogen) atoms. The summed E-state index contributed by atoms with van der Waals surface area (Å²) in [4.78, 5) is 0. The summed E-state index contributed by atoms with van der Waals surface area (Å²) < 4.78 is 19.0. The predicted octanol–water partition coefficient (Wildman–Crippen LogP) is 2.90. The fraction of sp³-hybridized carbons (Fsp3) is 0.538. The van der Waals surface area contributed by atoms with E-state index in [1.165, 1.54) is 0 Å². The summed E-state index contributed by atoms with van der Waals surface area (Å²) in [5, 5.41) is 3.29. The van der Waals surface area contributed by atoms with Crippen molar-refractivity contribution < 1.29 is 9.13 Å². The van der Waals surface area contributed by atoms with Crippen molar-refractivity contribution in [1.82, 2.24) is 5.32 Å². The molecule has 1 atom stereocenters. The Balaban J connectivity index is 2.45. The van der Waals surface area contributed by atoms with Crippen LogP contribution >= 0.6 is 0 Å². The van der Waals surface area contributed by atoms with Crippen LogP contribution in [0.3, 0.4) is 0 Å². The number of aryl methyl sites for hydroxylation is 1. The van der Waals surface area contributed by atoms with Gasteiger partial charge in [0, 0.05) is 6.04 Å². The summed E-state index contributed by atoms with van der Waals surface area (Å²) >= 11 is 0. The second-order valence-corrected chi connectivity index (χ2v) is 4.05. The van der Waals surface area contributed by atoms with Crippen molar-refractivity contribution in [2.75, 3.05) is 13.2 Å². The van der Waals surface area contributed by atoms with Crippen LogP contribution < -0.4 is 10.1 Å². The molecular formula is C13H20FNO. The first-order chi connectivity index (χ1) is 7.65. The standard InChI is InChI=1S/C13H20FNO/c1-4-8-15-11(3)9-16-12-7-5-6-10(2)13(12)14/h5-7,11,15H,4,8-9H2,1-3H3. The molecule has 2 nitrogen and oxygen atoms in total. The van der Waals surface area contributed by atoms with E-state index in [1.54, 1.807) is 25.1 Å². The van der Waals surface area contributed by atoms with Gasteiger partial charge in [0.25, 0.3) is 0 Å². The van der Waals surface area contributed by atoms with Gasteiger partial charge in [0.15, 0.2) is 11.6 Å². The van der Waals surface area contributed by atoms with Gasteiger partial charge in [-0.15, -0.1) is 0 Å². The Labute approximate surface area is 96.8 Å². The molecule has 0 amide bonds. The van der Waals surface area contributed by atoms with Crippen molar-refractivity contribution in [3.8, 4) is 5.75 Å². The summed E-state index contributed by atoms with van der Waals surface area (Å²) in [6, 6.07) is 5.44. The largest absolute Gasteiger partial charge is 0.489 e. The molecule has 90 valence electrons. The Morgan fingerprint density at radius 1 is 1.44 bits per heavy atom. The van der Waals surface area contributed by atoms with E-state index in [4.69, 9.17) is 4.74 Å². The van der Waals surface area contributed by atoms with Crippen LogP contribution in [0.2, 0.25) is 0 Å². The van der Waals surface area contributed by atoms with E-state index in [0.717, 1.165) is 13.0 Å². The maximum absolute atomic E-state index is 13.6. The second kappa shape index (κ2) is 6.48. The van der Waals surface area contributed by atoms with Crippen molar-refractivity contribution in [2.45, 2.75) is 33.2 Å². The number of ether oxygens (including phenoxy) is 1. The molecule has 3 heteroatoms. The Morgan fingerprint density at radius 3 is 2.88 bits per heavy atom. The first-order valence-electron chi connectivity index (χ1n) is 5.76. The van der Waals surface area contributed by atoms with Crippen molar-refractivity contribution in [2.24, 2.45) is 0 Å². The summed E-state index contributed by atoms with van der Waals surface area (Å²) in [5.41, 5.74) is 0.617. The normalized spacial score (nSPS) is 12.5. The molecule has 0 aromatic heterocycles. The van der Waals surface area contributed by atoms with Crippen LogP contribution in [0.5, 0.6) is 5.75 Å². The lowest BCUT2D eigenvalue weighted by Gasteiger charge is -2.15. The lowest BCUT2D eigenvalue weighted by atomic mass is 10.2. The lowest BCUT2D eigenvalue weighted by Crippen LogP contribution is -2.32. The smallest absolute Gasteiger partial charge is 0.167 e. The van der Waals surface area contributed by atoms with Crippen LogP contribution in [0.25, 0.3) is 0 Å². The van der Waals surface area contributed by atoms with E-state index in [-0.39, 0.29) is 11.9 Å². The molecular weight excluding hydrogens is 205 g/mol. The third kappa shape index (κ3) is 3.81. The third-order valence-corrected chi connectivity index (χ3v) is 2.39. The number of hydrogen-bond donors (Lipinski definition) is 1. The van der Waals surface area contributed by atoms with Crippen LogP contribution in [0.1, 0.15) is 25.8 Å². The Kier molecular flexibility index (Phi) is 5.26. The van der Waals surface area contributed by atoms with E-state index in [0.29, 0.717) is 17.9 Å². The minimum absolute atomic E-state index is 0.236. The van der Waals surface area contributed by atoms with E-state index in [2.05, 4.69) is 12.2 Å². The van der Waals surface area contributed by atoms with Gasteiger partial charge in [-0.1, -0.05) is 19.1 Å². The van der Waals surface area contributed by atoms with E-state index >= 15 is 0 Å². The zero-order chi connectivity index (χ0) is 12.0. The average Bonchev–Trinajstić information content (AvgIpc) is 2.28. The molecule has 0 aliphatic carbocycles. The summed E-state index contributed by atoms with van der Waals surface area (Å²) in [6.45, 7) is 7.33. The number of benzene rings is 1. The maximum Gasteiger partial charge on any atom is 0.167 e. The minimum atomic E-state index is -0.259. The van der Waals surface area contributed by atoms with Gasteiger partial charge in [0.1, 0.15) is 6.61 Å². The number of hydrogen-bond acceptors (Lipinski definition) is 2. The third-order valence-electron chi connectivity index (χ3n) is 2.39.